The second-order valence-corrected chi connectivity index (χ2v) is 5.97. The second kappa shape index (κ2) is 6.88. The summed E-state index contributed by atoms with van der Waals surface area (Å²) in [6, 6.07) is 10.4. The molecule has 2 atom stereocenters. The number of hydrogen-bond acceptors (Lipinski definition) is 3. The zero-order valence-corrected chi connectivity index (χ0v) is 11.6. The first-order chi connectivity index (χ1) is 8.42. The molecule has 0 radical (unpaired) electrons. The van der Waals surface area contributed by atoms with E-state index in [2.05, 4.69) is 38.2 Å². The number of hydrogen-bond donors (Lipinski definition) is 3. The fourth-order valence-electron chi connectivity index (χ4n) is 1.95. The molecule has 102 valence electrons. The molecule has 2 unspecified atom stereocenters. The molecule has 1 aromatic carbocycles. The van der Waals surface area contributed by atoms with Crippen LogP contribution in [0.1, 0.15) is 38.8 Å². The predicted molar refractivity (Wildman–Crippen MR) is 74.4 cm³/mol. The Bertz CT molecular complexity index is 332. The lowest BCUT2D eigenvalue weighted by Gasteiger charge is -2.28. The van der Waals surface area contributed by atoms with Gasteiger partial charge in [0.2, 0.25) is 0 Å². The van der Waals surface area contributed by atoms with Gasteiger partial charge in [-0.1, -0.05) is 51.1 Å². The van der Waals surface area contributed by atoms with Crippen molar-refractivity contribution < 1.29 is 10.2 Å². The Balaban J connectivity index is 2.70. The van der Waals surface area contributed by atoms with E-state index in [-0.39, 0.29) is 18.1 Å². The first kappa shape index (κ1) is 15.2. The maximum absolute atomic E-state index is 9.44. The van der Waals surface area contributed by atoms with Crippen molar-refractivity contribution in [1.29, 1.82) is 0 Å². The minimum absolute atomic E-state index is 0.201. The van der Waals surface area contributed by atoms with E-state index in [9.17, 15) is 5.11 Å². The van der Waals surface area contributed by atoms with E-state index >= 15 is 0 Å². The van der Waals surface area contributed by atoms with Gasteiger partial charge >= 0.3 is 0 Å². The monoisotopic (exact) mass is 251 g/mol. The molecule has 0 saturated heterocycles. The van der Waals surface area contributed by atoms with E-state index in [4.69, 9.17) is 5.11 Å². The number of aliphatic hydroxyl groups is 2. The molecule has 3 heteroatoms. The summed E-state index contributed by atoms with van der Waals surface area (Å²) in [4.78, 5) is 0. The molecular formula is C15H25NO2. The highest BCUT2D eigenvalue weighted by molar-refractivity contribution is 5.19. The van der Waals surface area contributed by atoms with Crippen molar-refractivity contribution in [3.8, 4) is 0 Å². The van der Waals surface area contributed by atoms with Crippen molar-refractivity contribution >= 4 is 0 Å². The van der Waals surface area contributed by atoms with E-state index in [0.717, 1.165) is 6.42 Å². The van der Waals surface area contributed by atoms with Crippen molar-refractivity contribution in [1.82, 2.24) is 5.32 Å². The smallest absolute Gasteiger partial charge is 0.0895 e. The fourth-order valence-corrected chi connectivity index (χ4v) is 1.95. The summed E-state index contributed by atoms with van der Waals surface area (Å²) in [5.41, 5.74) is 1.43. The Labute approximate surface area is 110 Å². The first-order valence-corrected chi connectivity index (χ1v) is 6.49. The highest BCUT2D eigenvalue weighted by Crippen LogP contribution is 2.29. The first-order valence-electron chi connectivity index (χ1n) is 6.49. The van der Waals surface area contributed by atoms with Gasteiger partial charge in [0, 0.05) is 12.6 Å². The average molecular weight is 251 g/mol. The van der Waals surface area contributed by atoms with E-state index in [1.165, 1.54) is 5.56 Å². The third-order valence-corrected chi connectivity index (χ3v) is 2.83. The van der Waals surface area contributed by atoms with E-state index in [1.807, 2.05) is 18.2 Å². The molecule has 1 aromatic rings. The Morgan fingerprint density at radius 2 is 1.78 bits per heavy atom. The molecule has 0 amide bonds. The standard InChI is InChI=1S/C15H25NO2/c1-15(2,3)9-14(16-10-13(18)11-17)12-7-5-4-6-8-12/h4-8,13-14,16-18H,9-11H2,1-3H3. The lowest BCUT2D eigenvalue weighted by molar-refractivity contribution is 0.0901. The van der Waals surface area contributed by atoms with Gasteiger partial charge in [0.05, 0.1) is 12.7 Å². The lowest BCUT2D eigenvalue weighted by Crippen LogP contribution is -2.34. The maximum atomic E-state index is 9.44. The summed E-state index contributed by atoms with van der Waals surface area (Å²) in [6.07, 6.45) is 0.283. The highest BCUT2D eigenvalue weighted by Gasteiger charge is 2.20. The molecule has 0 aromatic heterocycles. The topological polar surface area (TPSA) is 52.5 Å². The number of aliphatic hydroxyl groups excluding tert-OH is 2. The minimum Gasteiger partial charge on any atom is -0.394 e. The van der Waals surface area contributed by atoms with Crippen LogP contribution in [0, 0.1) is 5.41 Å². The third kappa shape index (κ3) is 5.63. The summed E-state index contributed by atoms with van der Waals surface area (Å²) >= 11 is 0. The van der Waals surface area contributed by atoms with E-state index < -0.39 is 6.10 Å². The van der Waals surface area contributed by atoms with Gasteiger partial charge in [-0.05, 0) is 17.4 Å². The van der Waals surface area contributed by atoms with Gasteiger partial charge in [0.1, 0.15) is 0 Å². The molecule has 0 heterocycles. The Kier molecular flexibility index (Phi) is 5.79. The molecule has 3 nitrogen and oxygen atoms in total. The molecule has 1 rings (SSSR count). The average Bonchev–Trinajstić information content (AvgIpc) is 2.33. The van der Waals surface area contributed by atoms with Crippen LogP contribution in [0.3, 0.4) is 0 Å². The molecular weight excluding hydrogens is 226 g/mol. The third-order valence-electron chi connectivity index (χ3n) is 2.83. The molecule has 0 fully saturated rings. The van der Waals surface area contributed by atoms with Gasteiger partial charge in [0.15, 0.2) is 0 Å². The summed E-state index contributed by atoms with van der Waals surface area (Å²) in [5, 5.41) is 21.6. The number of nitrogens with one attached hydrogen (secondary N) is 1. The minimum atomic E-state index is -0.698. The molecule has 0 aliphatic carbocycles. The lowest BCUT2D eigenvalue weighted by atomic mass is 9.85. The van der Waals surface area contributed by atoms with E-state index in [1.54, 1.807) is 0 Å². The van der Waals surface area contributed by atoms with Crippen molar-refractivity contribution in [3.05, 3.63) is 35.9 Å². The predicted octanol–water partition coefficient (Wildman–Crippen LogP) is 2.11. The van der Waals surface area contributed by atoms with Crippen molar-refractivity contribution in [2.75, 3.05) is 13.2 Å². The largest absolute Gasteiger partial charge is 0.394 e. The van der Waals surface area contributed by atoms with Crippen LogP contribution in [0.4, 0.5) is 0 Å². The fraction of sp³-hybridized carbons (Fsp3) is 0.600. The summed E-state index contributed by atoms with van der Waals surface area (Å²) in [6.45, 7) is 6.81. The van der Waals surface area contributed by atoms with Crippen molar-refractivity contribution in [3.63, 3.8) is 0 Å². The van der Waals surface area contributed by atoms with Gasteiger partial charge in [-0.25, -0.2) is 0 Å². The Morgan fingerprint density at radius 3 is 2.28 bits per heavy atom. The van der Waals surface area contributed by atoms with Crippen LogP contribution >= 0.6 is 0 Å². The van der Waals surface area contributed by atoms with Crippen LogP contribution in [0.5, 0.6) is 0 Å². The molecule has 0 saturated carbocycles. The quantitative estimate of drug-likeness (QED) is 0.726. The highest BCUT2D eigenvalue weighted by atomic mass is 16.3. The van der Waals surface area contributed by atoms with Crippen molar-refractivity contribution in [2.24, 2.45) is 5.41 Å². The maximum Gasteiger partial charge on any atom is 0.0895 e. The zero-order chi connectivity index (χ0) is 13.6. The van der Waals surface area contributed by atoms with Crippen LogP contribution in [-0.2, 0) is 0 Å². The number of benzene rings is 1. The molecule has 0 spiro atoms. The molecule has 0 aliphatic heterocycles. The normalized spacial score (nSPS) is 15.4. The van der Waals surface area contributed by atoms with Crippen molar-refractivity contribution in [2.45, 2.75) is 39.3 Å². The van der Waals surface area contributed by atoms with Crippen LogP contribution in [-0.4, -0.2) is 29.5 Å². The summed E-state index contributed by atoms with van der Waals surface area (Å²) in [5.74, 6) is 0. The summed E-state index contributed by atoms with van der Waals surface area (Å²) < 4.78 is 0. The zero-order valence-electron chi connectivity index (χ0n) is 11.6. The Hall–Kier alpha value is -0.900. The molecule has 18 heavy (non-hydrogen) atoms. The van der Waals surface area contributed by atoms with Crippen LogP contribution in [0.2, 0.25) is 0 Å². The summed E-state index contributed by atoms with van der Waals surface area (Å²) in [7, 11) is 0. The SMILES string of the molecule is CC(C)(C)CC(NCC(O)CO)c1ccccc1. The number of rotatable bonds is 6. The van der Waals surface area contributed by atoms with Gasteiger partial charge in [-0.15, -0.1) is 0 Å². The van der Waals surface area contributed by atoms with Crippen LogP contribution < -0.4 is 5.32 Å². The van der Waals surface area contributed by atoms with Gasteiger partial charge < -0.3 is 15.5 Å². The van der Waals surface area contributed by atoms with Gasteiger partial charge in [0.25, 0.3) is 0 Å². The molecule has 0 bridgehead atoms. The van der Waals surface area contributed by atoms with E-state index in [0.29, 0.717) is 6.54 Å². The van der Waals surface area contributed by atoms with Crippen LogP contribution in [0.25, 0.3) is 0 Å². The molecule has 3 N–H and O–H groups in total. The van der Waals surface area contributed by atoms with Gasteiger partial charge in [-0.3, -0.25) is 0 Å². The second-order valence-electron chi connectivity index (χ2n) is 5.97. The van der Waals surface area contributed by atoms with Gasteiger partial charge in [-0.2, -0.15) is 0 Å². The van der Waals surface area contributed by atoms with Crippen LogP contribution in [0.15, 0.2) is 30.3 Å². The molecule has 0 aliphatic rings. The Morgan fingerprint density at radius 1 is 1.17 bits per heavy atom.